The van der Waals surface area contributed by atoms with Gasteiger partial charge in [-0.2, -0.15) is 23.4 Å². The van der Waals surface area contributed by atoms with Gasteiger partial charge in [0.15, 0.2) is 0 Å². The van der Waals surface area contributed by atoms with Crippen molar-refractivity contribution in [2.75, 3.05) is 0 Å². The largest absolute Gasteiger partial charge is 0.344 e. The third-order valence-corrected chi connectivity index (χ3v) is 0. The molecule has 0 rings (SSSR count). The second kappa shape index (κ2) is 37.7. The zero-order valence-corrected chi connectivity index (χ0v) is 11.9. The molecule has 0 aromatic carbocycles. The fourth-order valence-electron chi connectivity index (χ4n) is 0. The Morgan fingerprint density at radius 2 is 1.00 bits per heavy atom. The van der Waals surface area contributed by atoms with Crippen molar-refractivity contribution in [3.8, 4) is 0 Å². The van der Waals surface area contributed by atoms with Gasteiger partial charge in [-0.25, -0.2) is 0 Å². The van der Waals surface area contributed by atoms with Crippen molar-refractivity contribution in [2.45, 2.75) is 0 Å². The SMILES string of the molecule is N.P.S.[B].[Ca].[K]. The van der Waals surface area contributed by atoms with E-state index < -0.39 is 0 Å². The minimum atomic E-state index is 0. The first-order valence-corrected chi connectivity index (χ1v) is 0. The van der Waals surface area contributed by atoms with Crippen molar-refractivity contribution < 1.29 is 0 Å². The van der Waals surface area contributed by atoms with Crippen LogP contribution in [0.5, 0.6) is 0 Å². The molecule has 6 heavy (non-hydrogen) atoms. The smallest absolute Gasteiger partial charge is 0 e. The summed E-state index contributed by atoms with van der Waals surface area (Å²) < 4.78 is 0. The number of hydrogen-bond donors (Lipinski definition) is 1. The summed E-state index contributed by atoms with van der Waals surface area (Å²) in [5.41, 5.74) is 0. The molecule has 6 radical (unpaired) electrons. The molecule has 0 spiro atoms. The quantitative estimate of drug-likeness (QED) is 0.379. The molecule has 3 N–H and O–H groups in total. The van der Waals surface area contributed by atoms with Crippen molar-refractivity contribution in [3.05, 3.63) is 0 Å². The van der Waals surface area contributed by atoms with Gasteiger partial charge in [0.1, 0.15) is 0 Å². The van der Waals surface area contributed by atoms with Crippen LogP contribution in [-0.4, -0.2) is 97.5 Å². The first kappa shape index (κ1) is 53.6. The maximum absolute atomic E-state index is 0. The van der Waals surface area contributed by atoms with E-state index >= 15 is 0 Å². The van der Waals surface area contributed by atoms with Gasteiger partial charge < -0.3 is 6.15 Å². The molecule has 0 aliphatic heterocycles. The van der Waals surface area contributed by atoms with Crippen LogP contribution in [0.2, 0.25) is 0 Å². The molecule has 0 amide bonds. The Bertz CT molecular complexity index is 15.5. The number of rotatable bonds is 0. The van der Waals surface area contributed by atoms with Crippen LogP contribution < -0.4 is 6.15 Å². The average Bonchev–Trinajstić information content (AvgIpc) is 0. The third-order valence-electron chi connectivity index (χ3n) is 0. The van der Waals surface area contributed by atoms with E-state index in [0.29, 0.717) is 0 Å². The molecule has 1 atom stereocenters. The van der Waals surface area contributed by atoms with Crippen LogP contribution in [0.25, 0.3) is 0 Å². The van der Waals surface area contributed by atoms with E-state index in [1.54, 1.807) is 0 Å². The van der Waals surface area contributed by atoms with Gasteiger partial charge >= 0.3 is 0 Å². The van der Waals surface area contributed by atoms with Gasteiger partial charge in [0, 0.05) is 97.5 Å². The van der Waals surface area contributed by atoms with Gasteiger partial charge in [0.2, 0.25) is 0 Å². The van der Waals surface area contributed by atoms with Crippen LogP contribution in [0, 0.1) is 0 Å². The predicted octanol–water partition coefficient (Wildman–Crippen LogP) is -0.810. The van der Waals surface area contributed by atoms with Crippen LogP contribution >= 0.6 is 23.4 Å². The van der Waals surface area contributed by atoms with E-state index in [4.69, 9.17) is 0 Å². The molecule has 0 fully saturated rings. The monoisotopic (exact) mass is 175 g/mol. The first-order valence-electron chi connectivity index (χ1n) is 0. The minimum Gasteiger partial charge on any atom is -0.344 e. The summed E-state index contributed by atoms with van der Waals surface area (Å²) in [7, 11) is 0. The second-order valence-corrected chi connectivity index (χ2v) is 0. The Labute approximate surface area is 124 Å². The van der Waals surface area contributed by atoms with E-state index in [1.807, 2.05) is 0 Å². The third kappa shape index (κ3) is 25.2. The molecule has 6 heteroatoms. The minimum absolute atomic E-state index is 0. The zero-order chi connectivity index (χ0) is 0. The van der Waals surface area contributed by atoms with Crippen molar-refractivity contribution >= 4 is 121 Å². The zero-order valence-electron chi connectivity index (χ0n) is 4.20. The van der Waals surface area contributed by atoms with Gasteiger partial charge in [-0.15, -0.1) is 0 Å². The standard InChI is InChI=1S/B.Ca.K.H3N.H3P.H2S/h;;;2*1H3;1H2. The Hall–Kier alpha value is 3.70. The molecule has 0 saturated carbocycles. The Morgan fingerprint density at radius 1 is 1.00 bits per heavy atom. The summed E-state index contributed by atoms with van der Waals surface area (Å²) >= 11 is 0. The molecule has 0 aliphatic rings. The van der Waals surface area contributed by atoms with Crippen molar-refractivity contribution in [3.63, 3.8) is 0 Å². The van der Waals surface area contributed by atoms with Gasteiger partial charge in [-0.3, -0.25) is 0 Å². The van der Waals surface area contributed by atoms with Crippen molar-refractivity contribution in [1.82, 2.24) is 6.15 Å². The molecule has 0 aromatic rings. The van der Waals surface area contributed by atoms with E-state index in [2.05, 4.69) is 0 Å². The van der Waals surface area contributed by atoms with Crippen LogP contribution in [0.3, 0.4) is 0 Å². The maximum Gasteiger partial charge on any atom is 0 e. The number of hydrogen-bond acceptors (Lipinski definition) is 1. The first-order chi connectivity index (χ1) is 0. The van der Waals surface area contributed by atoms with Crippen LogP contribution in [0.1, 0.15) is 0 Å². The van der Waals surface area contributed by atoms with Gasteiger partial charge in [0.05, 0.1) is 0 Å². The summed E-state index contributed by atoms with van der Waals surface area (Å²) in [5.74, 6) is 0. The van der Waals surface area contributed by atoms with Crippen LogP contribution in [0.15, 0.2) is 0 Å². The van der Waals surface area contributed by atoms with E-state index in [-0.39, 0.29) is 127 Å². The Morgan fingerprint density at radius 3 is 1.00 bits per heavy atom. The maximum atomic E-state index is 0. The summed E-state index contributed by atoms with van der Waals surface area (Å²) in [6, 6.07) is 0. The summed E-state index contributed by atoms with van der Waals surface area (Å²) in [5, 5.41) is 0. The van der Waals surface area contributed by atoms with Crippen LogP contribution in [-0.2, 0) is 0 Å². The molecule has 0 aliphatic carbocycles. The summed E-state index contributed by atoms with van der Waals surface area (Å²) in [6.07, 6.45) is 0. The van der Waals surface area contributed by atoms with E-state index in [0.717, 1.165) is 0 Å². The molecular formula is H8BCaKNPS. The predicted molar refractivity (Wildman–Crippen MR) is 43.8 cm³/mol. The fraction of sp³-hybridized carbons (Fsp3) is 0. The Balaban J connectivity index is 0. The van der Waals surface area contributed by atoms with Crippen LogP contribution in [0.4, 0.5) is 0 Å². The molecule has 1 nitrogen and oxygen atoms in total. The molecule has 30 valence electrons. The normalized spacial score (nSPS) is 0. The Kier molecular flexibility index (Phi) is 337. The van der Waals surface area contributed by atoms with E-state index in [1.165, 1.54) is 0 Å². The molecular weight excluding hydrogens is 167 g/mol. The summed E-state index contributed by atoms with van der Waals surface area (Å²) in [6.45, 7) is 0. The topological polar surface area (TPSA) is 35.0 Å². The molecule has 1 unspecified atom stereocenters. The van der Waals surface area contributed by atoms with Crippen molar-refractivity contribution in [1.29, 1.82) is 0 Å². The van der Waals surface area contributed by atoms with Gasteiger partial charge in [0.25, 0.3) is 0 Å². The second-order valence-electron chi connectivity index (χ2n) is 0. The molecule has 0 aromatic heterocycles. The fourth-order valence-corrected chi connectivity index (χ4v) is 0. The van der Waals surface area contributed by atoms with Gasteiger partial charge in [-0.1, -0.05) is 0 Å². The van der Waals surface area contributed by atoms with E-state index in [9.17, 15) is 0 Å². The average molecular weight is 175 g/mol. The summed E-state index contributed by atoms with van der Waals surface area (Å²) in [4.78, 5) is 0. The van der Waals surface area contributed by atoms with Gasteiger partial charge in [-0.05, 0) is 0 Å². The van der Waals surface area contributed by atoms with Crippen molar-refractivity contribution in [2.24, 2.45) is 0 Å². The molecule has 0 saturated heterocycles. The molecule has 0 heterocycles. The molecule has 0 bridgehead atoms.